The number of aryl methyl sites for hydroxylation is 1. The molecule has 0 atom stereocenters. The van der Waals surface area contributed by atoms with Crippen molar-refractivity contribution in [3.05, 3.63) is 41.9 Å². The van der Waals surface area contributed by atoms with Crippen LogP contribution in [-0.2, 0) is 14.8 Å². The maximum absolute atomic E-state index is 13.0. The largest absolute Gasteiger partial charge is 0.490 e. The van der Waals surface area contributed by atoms with Gasteiger partial charge in [0.2, 0.25) is 15.9 Å². The van der Waals surface area contributed by atoms with E-state index in [4.69, 9.17) is 15.6 Å². The van der Waals surface area contributed by atoms with Crippen molar-refractivity contribution >= 4 is 33.4 Å². The Morgan fingerprint density at radius 1 is 1.26 bits per heavy atom. The molecular formula is C22H23F5N6O5S. The van der Waals surface area contributed by atoms with Crippen LogP contribution in [0.1, 0.15) is 28.9 Å². The maximum atomic E-state index is 13.0. The standard InChI is InChI=1S/C20H22F2N6O3S.C2HF3O2/c1-11-3-4-13(32(30,31)26-8-12-6-20(21,22)7-12)5-14(11)16-9-25-18-17(23)27-15(10-28(16)18)19(29)24-2;3-2(4,5)1(6)7/h3-5,9-10,12,26H,6-8H2,1-2H3,(H2,23,27)(H,24,29);(H,6,7). The molecule has 11 nitrogen and oxygen atoms in total. The fraction of sp³-hybridized carbons (Fsp3) is 0.364. The normalized spacial score (nSPS) is 15.3. The Morgan fingerprint density at radius 2 is 1.87 bits per heavy atom. The van der Waals surface area contributed by atoms with Crippen molar-refractivity contribution in [2.75, 3.05) is 19.3 Å². The third-order valence-corrected chi connectivity index (χ3v) is 7.17. The SMILES string of the molecule is CNC(=O)c1cn2c(-c3cc(S(=O)(=O)NCC4CC(F)(F)C4)ccc3C)cnc2c(N)n1.O=C(O)C(F)(F)F. The molecule has 1 aliphatic rings. The summed E-state index contributed by atoms with van der Waals surface area (Å²) in [6, 6.07) is 4.57. The zero-order valence-corrected chi connectivity index (χ0v) is 21.2. The number of carbonyl (C=O) groups is 2. The van der Waals surface area contributed by atoms with Crippen LogP contribution in [0, 0.1) is 12.8 Å². The first kappa shape index (κ1) is 29.7. The highest BCUT2D eigenvalue weighted by Crippen LogP contribution is 2.42. The Balaban J connectivity index is 0.000000532. The molecule has 2 heterocycles. The number of nitrogen functional groups attached to an aromatic ring is 1. The molecular weight excluding hydrogens is 555 g/mol. The molecule has 0 spiro atoms. The molecule has 3 aromatic rings. The molecule has 4 rings (SSSR count). The van der Waals surface area contributed by atoms with Crippen molar-refractivity contribution in [2.45, 2.75) is 36.8 Å². The fourth-order valence-electron chi connectivity index (χ4n) is 3.73. The van der Waals surface area contributed by atoms with Crippen LogP contribution in [0.25, 0.3) is 16.9 Å². The average molecular weight is 579 g/mol. The van der Waals surface area contributed by atoms with Gasteiger partial charge < -0.3 is 16.2 Å². The number of nitrogens with zero attached hydrogens (tertiary/aromatic N) is 3. The Labute approximate surface area is 218 Å². The highest BCUT2D eigenvalue weighted by Gasteiger charge is 2.45. The van der Waals surface area contributed by atoms with Gasteiger partial charge in [0.1, 0.15) is 5.69 Å². The summed E-state index contributed by atoms with van der Waals surface area (Å²) >= 11 is 0. The monoisotopic (exact) mass is 578 g/mol. The number of imidazole rings is 1. The van der Waals surface area contributed by atoms with Gasteiger partial charge in [-0.2, -0.15) is 13.2 Å². The number of nitrogens with one attached hydrogen (secondary N) is 2. The number of aromatic nitrogens is 3. The number of amides is 1. The number of anilines is 1. The number of hydrogen-bond donors (Lipinski definition) is 4. The number of nitrogens with two attached hydrogens (primary N) is 1. The second-order valence-electron chi connectivity index (χ2n) is 8.69. The molecule has 39 heavy (non-hydrogen) atoms. The van der Waals surface area contributed by atoms with E-state index in [1.807, 2.05) is 0 Å². The number of aliphatic carboxylic acids is 1. The lowest BCUT2D eigenvalue weighted by atomic mass is 9.82. The van der Waals surface area contributed by atoms with E-state index in [9.17, 15) is 35.2 Å². The highest BCUT2D eigenvalue weighted by molar-refractivity contribution is 7.89. The number of rotatable bonds is 6. The van der Waals surface area contributed by atoms with Crippen molar-refractivity contribution in [3.8, 4) is 11.3 Å². The summed E-state index contributed by atoms with van der Waals surface area (Å²) in [5.74, 6) is -6.23. The number of benzene rings is 1. The quantitative estimate of drug-likeness (QED) is 0.324. The molecule has 17 heteroatoms. The van der Waals surface area contributed by atoms with E-state index >= 15 is 0 Å². The van der Waals surface area contributed by atoms with Gasteiger partial charge in [0.05, 0.1) is 16.8 Å². The Bertz CT molecular complexity index is 1520. The first-order valence-electron chi connectivity index (χ1n) is 11.1. The lowest BCUT2D eigenvalue weighted by Crippen LogP contribution is -2.42. The summed E-state index contributed by atoms with van der Waals surface area (Å²) in [5.41, 5.74) is 8.20. The van der Waals surface area contributed by atoms with Gasteiger partial charge in [0.15, 0.2) is 11.5 Å². The molecule has 5 N–H and O–H groups in total. The molecule has 1 fully saturated rings. The fourth-order valence-corrected chi connectivity index (χ4v) is 4.88. The Kier molecular flexibility index (Phi) is 8.16. The van der Waals surface area contributed by atoms with Gasteiger partial charge in [0, 0.05) is 38.2 Å². The topological polar surface area (TPSA) is 169 Å². The third-order valence-electron chi connectivity index (χ3n) is 5.75. The smallest absolute Gasteiger partial charge is 0.475 e. The minimum absolute atomic E-state index is 0.00677. The molecule has 0 aliphatic heterocycles. The molecule has 1 aromatic carbocycles. The number of carboxylic acid groups (broad SMARTS) is 1. The molecule has 212 valence electrons. The second-order valence-corrected chi connectivity index (χ2v) is 10.5. The van der Waals surface area contributed by atoms with Crippen LogP contribution in [0.2, 0.25) is 0 Å². The van der Waals surface area contributed by atoms with E-state index in [-0.39, 0.29) is 41.7 Å². The average Bonchev–Trinajstić information content (AvgIpc) is 3.25. The minimum atomic E-state index is -5.08. The number of carboxylic acids is 1. The molecule has 0 unspecified atom stereocenters. The van der Waals surface area contributed by atoms with Gasteiger partial charge in [-0.05, 0) is 30.5 Å². The van der Waals surface area contributed by atoms with E-state index in [1.54, 1.807) is 17.4 Å². The predicted molar refractivity (Wildman–Crippen MR) is 128 cm³/mol. The summed E-state index contributed by atoms with van der Waals surface area (Å²) in [7, 11) is -2.44. The van der Waals surface area contributed by atoms with Crippen molar-refractivity contribution in [1.82, 2.24) is 24.4 Å². The van der Waals surface area contributed by atoms with Crippen molar-refractivity contribution in [1.29, 1.82) is 0 Å². The van der Waals surface area contributed by atoms with Crippen molar-refractivity contribution in [2.24, 2.45) is 5.92 Å². The molecule has 0 saturated heterocycles. The molecule has 1 amide bonds. The molecule has 2 aromatic heterocycles. The lowest BCUT2D eigenvalue weighted by Gasteiger charge is -2.34. The van der Waals surface area contributed by atoms with E-state index in [0.717, 1.165) is 5.56 Å². The highest BCUT2D eigenvalue weighted by atomic mass is 32.2. The Hall–Kier alpha value is -3.86. The van der Waals surface area contributed by atoms with Gasteiger partial charge in [-0.3, -0.25) is 9.20 Å². The first-order valence-corrected chi connectivity index (χ1v) is 12.6. The van der Waals surface area contributed by atoms with E-state index in [2.05, 4.69) is 20.0 Å². The number of halogens is 5. The van der Waals surface area contributed by atoms with Gasteiger partial charge in [-0.1, -0.05) is 6.07 Å². The minimum Gasteiger partial charge on any atom is -0.475 e. The second kappa shape index (κ2) is 10.7. The van der Waals surface area contributed by atoms with Crippen LogP contribution in [0.5, 0.6) is 0 Å². The summed E-state index contributed by atoms with van der Waals surface area (Å²) in [4.78, 5) is 29.2. The predicted octanol–water partition coefficient (Wildman–Crippen LogP) is 2.60. The lowest BCUT2D eigenvalue weighted by molar-refractivity contribution is -0.192. The molecule has 0 bridgehead atoms. The zero-order chi connectivity index (χ0) is 29.3. The molecule has 0 radical (unpaired) electrons. The van der Waals surface area contributed by atoms with Crippen LogP contribution in [0.4, 0.5) is 27.8 Å². The van der Waals surface area contributed by atoms with Crippen molar-refractivity contribution < 1.29 is 45.1 Å². The van der Waals surface area contributed by atoms with E-state index < -0.39 is 34.0 Å². The maximum Gasteiger partial charge on any atom is 0.490 e. The summed E-state index contributed by atoms with van der Waals surface area (Å²) in [5, 5.41) is 9.60. The Morgan fingerprint density at radius 3 is 2.41 bits per heavy atom. The van der Waals surface area contributed by atoms with Gasteiger partial charge in [-0.25, -0.2) is 36.7 Å². The van der Waals surface area contributed by atoms with E-state index in [0.29, 0.717) is 16.9 Å². The van der Waals surface area contributed by atoms with Crippen LogP contribution in [0.15, 0.2) is 35.5 Å². The van der Waals surface area contributed by atoms with Gasteiger partial charge in [0.25, 0.3) is 5.91 Å². The van der Waals surface area contributed by atoms with E-state index in [1.165, 1.54) is 31.6 Å². The van der Waals surface area contributed by atoms with Gasteiger partial charge in [-0.15, -0.1) is 0 Å². The molecule has 1 aliphatic carbocycles. The van der Waals surface area contributed by atoms with Crippen LogP contribution in [-0.4, -0.2) is 65.5 Å². The summed E-state index contributed by atoms with van der Waals surface area (Å²) in [6.45, 7) is 1.76. The number of fused-ring (bicyclic) bond motifs is 1. The van der Waals surface area contributed by atoms with Crippen LogP contribution < -0.4 is 15.8 Å². The number of hydrogen-bond acceptors (Lipinski definition) is 7. The van der Waals surface area contributed by atoms with Gasteiger partial charge >= 0.3 is 12.1 Å². The first-order chi connectivity index (χ1) is 17.9. The van der Waals surface area contributed by atoms with Crippen molar-refractivity contribution in [3.63, 3.8) is 0 Å². The third kappa shape index (κ3) is 6.78. The summed E-state index contributed by atoms with van der Waals surface area (Å²) < 4.78 is 87.3. The number of carbonyl (C=O) groups excluding carboxylic acids is 1. The zero-order valence-electron chi connectivity index (χ0n) is 20.4. The van der Waals surface area contributed by atoms with Crippen LogP contribution in [0.3, 0.4) is 0 Å². The van der Waals surface area contributed by atoms with Crippen LogP contribution >= 0.6 is 0 Å². The summed E-state index contributed by atoms with van der Waals surface area (Å²) in [6.07, 6.45) is -2.73. The molecule has 1 saturated carbocycles. The number of alkyl halides is 5. The number of sulfonamides is 1.